The van der Waals surface area contributed by atoms with Crippen molar-refractivity contribution in [3.8, 4) is 22.3 Å². The molecule has 0 fully saturated rings. The predicted octanol–water partition coefficient (Wildman–Crippen LogP) is 1.76. The fourth-order valence-corrected chi connectivity index (χ4v) is 6.72. The Bertz CT molecular complexity index is 2140. The van der Waals surface area contributed by atoms with Crippen molar-refractivity contribution in [2.24, 2.45) is 0 Å². The normalized spacial score (nSPS) is 13.3. The van der Waals surface area contributed by atoms with Gasteiger partial charge in [-0.25, -0.2) is 9.97 Å². The second kappa shape index (κ2) is 8.87. The molecular formula is C20H14N4O12S4. The molecular weight excluding hydrogens is 617 g/mol. The third-order valence-electron chi connectivity index (χ3n) is 5.68. The molecule has 20 heteroatoms. The summed E-state index contributed by atoms with van der Waals surface area (Å²) >= 11 is 0. The summed E-state index contributed by atoms with van der Waals surface area (Å²) in [4.78, 5) is 10.1. The van der Waals surface area contributed by atoms with Gasteiger partial charge in [0, 0.05) is 11.1 Å². The van der Waals surface area contributed by atoms with Gasteiger partial charge in [0.15, 0.2) is 0 Å². The molecule has 0 saturated heterocycles. The van der Waals surface area contributed by atoms with Crippen LogP contribution in [0.1, 0.15) is 0 Å². The van der Waals surface area contributed by atoms with Gasteiger partial charge in [0.25, 0.3) is 30.5 Å². The summed E-state index contributed by atoms with van der Waals surface area (Å²) in [7, 11) is -19.7. The first-order valence-corrected chi connectivity index (χ1v) is 16.2. The Kier molecular flexibility index (Phi) is 6.16. The summed E-state index contributed by atoms with van der Waals surface area (Å²) in [6.07, 6.45) is 0. The smallest absolute Gasteiger partial charge is 0.327 e. The number of hydrogen-bond donors (Lipinski definition) is 6. The van der Waals surface area contributed by atoms with E-state index in [1.165, 1.54) is 48.5 Å². The number of nitrogens with zero attached hydrogens (tertiary/aromatic N) is 2. The zero-order valence-electron chi connectivity index (χ0n) is 19.2. The number of imidazole rings is 2. The third-order valence-corrected chi connectivity index (χ3v) is 8.91. The fraction of sp³-hybridized carbons (Fsp3) is 0. The molecule has 0 amide bonds. The lowest BCUT2D eigenvalue weighted by atomic mass is 9.99. The third kappa shape index (κ3) is 4.86. The van der Waals surface area contributed by atoms with Crippen molar-refractivity contribution in [3.05, 3.63) is 48.5 Å². The maximum atomic E-state index is 12.3. The highest BCUT2D eigenvalue weighted by atomic mass is 32.2. The number of rotatable bonds is 6. The first kappa shape index (κ1) is 27.8. The van der Waals surface area contributed by atoms with Gasteiger partial charge in [-0.3, -0.25) is 18.2 Å². The number of H-pyrrole nitrogens is 2. The van der Waals surface area contributed by atoms with Crippen LogP contribution in [0, 0.1) is 0 Å². The Balaban J connectivity index is 1.70. The van der Waals surface area contributed by atoms with Crippen molar-refractivity contribution in [1.82, 2.24) is 19.9 Å². The molecule has 5 aromatic rings. The largest absolute Gasteiger partial charge is 0.328 e. The molecule has 40 heavy (non-hydrogen) atoms. The Morgan fingerprint density at radius 1 is 0.475 bits per heavy atom. The van der Waals surface area contributed by atoms with Gasteiger partial charge in [0.1, 0.15) is 20.8 Å². The van der Waals surface area contributed by atoms with Crippen LogP contribution in [0.5, 0.6) is 0 Å². The van der Waals surface area contributed by atoms with Crippen LogP contribution in [0.3, 0.4) is 0 Å². The summed E-state index contributed by atoms with van der Waals surface area (Å²) in [5, 5.41) is -1.91. The van der Waals surface area contributed by atoms with E-state index >= 15 is 0 Å². The van der Waals surface area contributed by atoms with Crippen LogP contribution in [-0.2, 0) is 40.5 Å². The van der Waals surface area contributed by atoms with Gasteiger partial charge in [0.05, 0.1) is 11.0 Å². The molecule has 0 saturated carbocycles. The first-order chi connectivity index (χ1) is 18.4. The standard InChI is InChI=1S/C20H14N4O12S4/c25-37(26,27)17-11(5-7-13-15(17)23-19(21-13)39(31,32)33)9-1-2-10(4-3-9)12-6-8-14-16(18(12)38(28,29)30)24-20(22-14)40(34,35)36/h1-8H,(H,21,23)(H,22,24)(H,25,26,27)(H,28,29,30)(H,31,32,33)(H,34,35,36). The molecule has 0 aliphatic rings. The van der Waals surface area contributed by atoms with Gasteiger partial charge < -0.3 is 9.97 Å². The van der Waals surface area contributed by atoms with Crippen molar-refractivity contribution in [2.75, 3.05) is 0 Å². The van der Waals surface area contributed by atoms with Crippen LogP contribution in [0.4, 0.5) is 0 Å². The maximum Gasteiger partial charge on any atom is 0.328 e. The van der Waals surface area contributed by atoms with Crippen molar-refractivity contribution in [1.29, 1.82) is 0 Å². The summed E-state index contributed by atoms with van der Waals surface area (Å²) in [6, 6.07) is 10.2. The van der Waals surface area contributed by atoms with Crippen LogP contribution >= 0.6 is 0 Å². The Hall–Kier alpha value is -3.76. The minimum absolute atomic E-state index is 0.130. The Morgan fingerprint density at radius 2 is 0.800 bits per heavy atom. The number of fused-ring (bicyclic) bond motifs is 2. The second-order valence-corrected chi connectivity index (χ2v) is 13.6. The lowest BCUT2D eigenvalue weighted by Crippen LogP contribution is -2.04. The van der Waals surface area contributed by atoms with E-state index in [9.17, 15) is 51.9 Å². The summed E-state index contributed by atoms with van der Waals surface area (Å²) in [6.45, 7) is 0. The first-order valence-electron chi connectivity index (χ1n) is 10.4. The van der Waals surface area contributed by atoms with E-state index < -0.39 is 71.6 Å². The van der Waals surface area contributed by atoms with Gasteiger partial charge >= 0.3 is 20.2 Å². The average molecular weight is 631 g/mol. The van der Waals surface area contributed by atoms with Gasteiger partial charge in [-0.15, -0.1) is 0 Å². The van der Waals surface area contributed by atoms with E-state index in [0.29, 0.717) is 0 Å². The molecule has 0 radical (unpaired) electrons. The highest BCUT2D eigenvalue weighted by Crippen LogP contribution is 2.37. The molecule has 0 unspecified atom stereocenters. The summed E-state index contributed by atoms with van der Waals surface area (Å²) < 4.78 is 133. The maximum absolute atomic E-state index is 12.3. The lowest BCUT2D eigenvalue weighted by molar-refractivity contribution is 0.473. The van der Waals surface area contributed by atoms with Crippen molar-refractivity contribution < 1.29 is 51.9 Å². The van der Waals surface area contributed by atoms with E-state index in [-0.39, 0.29) is 33.3 Å². The van der Waals surface area contributed by atoms with Crippen LogP contribution < -0.4 is 0 Å². The van der Waals surface area contributed by atoms with Gasteiger partial charge in [-0.1, -0.05) is 36.4 Å². The van der Waals surface area contributed by atoms with Gasteiger partial charge in [-0.05, 0) is 23.3 Å². The molecule has 2 heterocycles. The zero-order chi connectivity index (χ0) is 29.4. The highest BCUT2D eigenvalue weighted by Gasteiger charge is 2.28. The quantitative estimate of drug-likeness (QED) is 0.146. The lowest BCUT2D eigenvalue weighted by Gasteiger charge is -2.11. The molecule has 0 spiro atoms. The monoisotopic (exact) mass is 630 g/mol. The number of benzene rings is 3. The summed E-state index contributed by atoms with van der Waals surface area (Å²) in [5.74, 6) is 0. The average Bonchev–Trinajstić information content (AvgIpc) is 3.46. The van der Waals surface area contributed by atoms with Crippen LogP contribution in [0.15, 0.2) is 68.6 Å². The van der Waals surface area contributed by atoms with E-state index in [1.54, 1.807) is 0 Å². The molecule has 5 rings (SSSR count). The van der Waals surface area contributed by atoms with Gasteiger partial charge in [0.2, 0.25) is 0 Å². The molecule has 0 atom stereocenters. The molecule has 0 bridgehead atoms. The molecule has 2 aromatic heterocycles. The van der Waals surface area contributed by atoms with E-state index in [4.69, 9.17) is 0 Å². The van der Waals surface area contributed by atoms with E-state index in [2.05, 4.69) is 19.9 Å². The molecule has 3 aromatic carbocycles. The van der Waals surface area contributed by atoms with Crippen molar-refractivity contribution >= 4 is 62.5 Å². The number of hydrogen-bond acceptors (Lipinski definition) is 10. The van der Waals surface area contributed by atoms with Crippen molar-refractivity contribution in [3.63, 3.8) is 0 Å². The summed E-state index contributed by atoms with van der Waals surface area (Å²) in [5.41, 5.74) is -1.22. The van der Waals surface area contributed by atoms with Gasteiger partial charge in [-0.2, -0.15) is 33.7 Å². The predicted molar refractivity (Wildman–Crippen MR) is 136 cm³/mol. The Labute approximate surface area is 224 Å². The topological polar surface area (TPSA) is 275 Å². The fourth-order valence-electron chi connectivity index (χ4n) is 4.11. The highest BCUT2D eigenvalue weighted by molar-refractivity contribution is 7.86. The zero-order valence-corrected chi connectivity index (χ0v) is 22.5. The van der Waals surface area contributed by atoms with E-state index in [1.807, 2.05) is 0 Å². The SMILES string of the molecule is O=S(=O)(O)c1nc2c(S(=O)(=O)O)c(-c3ccc(-c4ccc5[nH]c(S(=O)(=O)O)nc5c4S(=O)(=O)O)cc3)ccc2[nH]1. The number of aromatic nitrogens is 4. The van der Waals surface area contributed by atoms with Crippen LogP contribution in [0.25, 0.3) is 44.3 Å². The minimum atomic E-state index is -5.02. The molecule has 0 aliphatic heterocycles. The Morgan fingerprint density at radius 3 is 1.07 bits per heavy atom. The number of aromatic amines is 2. The van der Waals surface area contributed by atoms with E-state index in [0.717, 1.165) is 0 Å². The van der Waals surface area contributed by atoms with Crippen molar-refractivity contribution in [2.45, 2.75) is 20.1 Å². The van der Waals surface area contributed by atoms with Crippen LogP contribution in [-0.4, -0.2) is 71.8 Å². The molecule has 6 N–H and O–H groups in total. The minimum Gasteiger partial charge on any atom is -0.327 e. The molecule has 210 valence electrons. The number of nitrogens with one attached hydrogen (secondary N) is 2. The molecule has 0 aliphatic carbocycles. The molecule has 16 nitrogen and oxygen atoms in total. The van der Waals surface area contributed by atoms with Crippen LogP contribution in [0.2, 0.25) is 0 Å². The second-order valence-electron chi connectivity index (χ2n) is 8.24.